The number of halogens is 1. The van der Waals surface area contributed by atoms with Crippen LogP contribution in [0.1, 0.15) is 28.9 Å². The predicted octanol–water partition coefficient (Wildman–Crippen LogP) is 3.63. The highest BCUT2D eigenvalue weighted by Crippen LogP contribution is 2.28. The van der Waals surface area contributed by atoms with Crippen molar-refractivity contribution in [1.29, 1.82) is 0 Å². The molecule has 2 rings (SSSR count). The summed E-state index contributed by atoms with van der Waals surface area (Å²) in [6.45, 7) is 2.02. The molecule has 20 heavy (non-hydrogen) atoms. The number of benzene rings is 1. The van der Waals surface area contributed by atoms with Crippen LogP contribution in [0.5, 0.6) is 0 Å². The number of aromatic nitrogens is 1. The molecule has 1 unspecified atom stereocenters. The molecule has 1 aromatic heterocycles. The van der Waals surface area contributed by atoms with Crippen molar-refractivity contribution in [3.8, 4) is 0 Å². The topological polar surface area (TPSA) is 53.4 Å². The van der Waals surface area contributed by atoms with Crippen molar-refractivity contribution in [2.24, 2.45) is 0 Å². The molecule has 0 aliphatic rings. The summed E-state index contributed by atoms with van der Waals surface area (Å²) < 4.78 is 0. The highest BCUT2D eigenvalue weighted by atomic mass is 35.5. The Labute approximate surface area is 122 Å². The second-order valence-corrected chi connectivity index (χ2v) is 4.93. The van der Waals surface area contributed by atoms with Gasteiger partial charge >= 0.3 is 5.97 Å². The fraction of sp³-hybridized carbons (Fsp3) is 0.200. The third kappa shape index (κ3) is 2.91. The standard InChI is InChI=1S/C15H15ClN2O2/c1-10(12-5-3-4-6-13(12)16)18(2)14-8-7-11(9-17-14)15(19)20/h3-10H,1-2H3,(H,19,20). The molecule has 0 saturated heterocycles. The lowest BCUT2D eigenvalue weighted by atomic mass is 10.1. The Balaban J connectivity index is 2.24. The normalized spacial score (nSPS) is 11.9. The highest BCUT2D eigenvalue weighted by Gasteiger charge is 2.16. The Morgan fingerprint density at radius 3 is 2.55 bits per heavy atom. The van der Waals surface area contributed by atoms with Gasteiger partial charge < -0.3 is 10.0 Å². The average Bonchev–Trinajstić information content (AvgIpc) is 2.46. The maximum Gasteiger partial charge on any atom is 0.337 e. The van der Waals surface area contributed by atoms with Crippen LogP contribution in [0.4, 0.5) is 5.82 Å². The van der Waals surface area contributed by atoms with Crippen molar-refractivity contribution < 1.29 is 9.90 Å². The number of hydrogen-bond donors (Lipinski definition) is 1. The number of aromatic carboxylic acids is 1. The van der Waals surface area contributed by atoms with Crippen LogP contribution < -0.4 is 4.90 Å². The van der Waals surface area contributed by atoms with Gasteiger partial charge in [-0.15, -0.1) is 0 Å². The van der Waals surface area contributed by atoms with Gasteiger partial charge in [0, 0.05) is 18.3 Å². The molecule has 0 radical (unpaired) electrons. The molecule has 1 N–H and O–H groups in total. The van der Waals surface area contributed by atoms with E-state index in [1.165, 1.54) is 6.20 Å². The molecule has 1 heterocycles. The molecule has 0 amide bonds. The number of rotatable bonds is 4. The van der Waals surface area contributed by atoms with Crippen molar-refractivity contribution in [1.82, 2.24) is 4.98 Å². The fourth-order valence-electron chi connectivity index (χ4n) is 1.94. The molecule has 0 aliphatic carbocycles. The van der Waals surface area contributed by atoms with Crippen LogP contribution in [0.15, 0.2) is 42.6 Å². The summed E-state index contributed by atoms with van der Waals surface area (Å²) in [5, 5.41) is 9.57. The molecular formula is C15H15ClN2O2. The van der Waals surface area contributed by atoms with Gasteiger partial charge in [0.2, 0.25) is 0 Å². The number of pyridine rings is 1. The van der Waals surface area contributed by atoms with E-state index < -0.39 is 5.97 Å². The third-order valence-corrected chi connectivity index (χ3v) is 3.64. The van der Waals surface area contributed by atoms with Gasteiger partial charge in [-0.25, -0.2) is 9.78 Å². The molecule has 1 atom stereocenters. The van der Waals surface area contributed by atoms with Crippen molar-refractivity contribution in [3.05, 3.63) is 58.7 Å². The maximum absolute atomic E-state index is 10.8. The van der Waals surface area contributed by atoms with Gasteiger partial charge in [-0.2, -0.15) is 0 Å². The minimum absolute atomic E-state index is 0.0341. The van der Waals surface area contributed by atoms with Gasteiger partial charge in [-0.05, 0) is 30.7 Å². The van der Waals surface area contributed by atoms with E-state index >= 15 is 0 Å². The average molecular weight is 291 g/mol. The molecule has 0 bridgehead atoms. The number of hydrogen-bond acceptors (Lipinski definition) is 3. The number of anilines is 1. The Hall–Kier alpha value is -2.07. The zero-order valence-corrected chi connectivity index (χ0v) is 12.0. The smallest absolute Gasteiger partial charge is 0.337 e. The Kier molecular flexibility index (Phi) is 4.25. The Morgan fingerprint density at radius 1 is 1.30 bits per heavy atom. The molecule has 5 heteroatoms. The van der Waals surface area contributed by atoms with Crippen LogP contribution in [-0.2, 0) is 0 Å². The van der Waals surface area contributed by atoms with Crippen LogP contribution in [0.2, 0.25) is 5.02 Å². The quantitative estimate of drug-likeness (QED) is 0.934. The predicted molar refractivity (Wildman–Crippen MR) is 79.5 cm³/mol. The van der Waals surface area contributed by atoms with Gasteiger partial charge in [-0.1, -0.05) is 29.8 Å². The Morgan fingerprint density at radius 2 is 2.00 bits per heavy atom. The van der Waals surface area contributed by atoms with Crippen LogP contribution in [0.25, 0.3) is 0 Å². The molecule has 0 fully saturated rings. The minimum Gasteiger partial charge on any atom is -0.478 e. The molecule has 0 saturated carbocycles. The molecule has 0 aliphatic heterocycles. The number of carboxylic acids is 1. The molecule has 0 spiro atoms. The Bertz CT molecular complexity index is 614. The summed E-state index contributed by atoms with van der Waals surface area (Å²) in [5.41, 5.74) is 1.17. The third-order valence-electron chi connectivity index (χ3n) is 3.29. The van der Waals surface area contributed by atoms with Crippen molar-refractivity contribution in [2.75, 3.05) is 11.9 Å². The van der Waals surface area contributed by atoms with E-state index in [1.54, 1.807) is 12.1 Å². The second-order valence-electron chi connectivity index (χ2n) is 4.52. The zero-order valence-electron chi connectivity index (χ0n) is 11.2. The largest absolute Gasteiger partial charge is 0.478 e. The number of carbonyl (C=O) groups is 1. The van der Waals surface area contributed by atoms with Crippen molar-refractivity contribution in [3.63, 3.8) is 0 Å². The summed E-state index contributed by atoms with van der Waals surface area (Å²) in [5.74, 6) is -0.284. The summed E-state index contributed by atoms with van der Waals surface area (Å²) in [6.07, 6.45) is 1.35. The van der Waals surface area contributed by atoms with Crippen LogP contribution in [0, 0.1) is 0 Å². The van der Waals surface area contributed by atoms with Crippen LogP contribution >= 0.6 is 11.6 Å². The van der Waals surface area contributed by atoms with Crippen molar-refractivity contribution >= 4 is 23.4 Å². The first-order chi connectivity index (χ1) is 9.50. The summed E-state index contributed by atoms with van der Waals surface area (Å²) in [4.78, 5) is 16.9. The zero-order chi connectivity index (χ0) is 14.7. The lowest BCUT2D eigenvalue weighted by molar-refractivity contribution is 0.0696. The monoisotopic (exact) mass is 290 g/mol. The highest BCUT2D eigenvalue weighted by molar-refractivity contribution is 6.31. The van der Waals surface area contributed by atoms with E-state index in [2.05, 4.69) is 4.98 Å². The first-order valence-electron chi connectivity index (χ1n) is 6.17. The summed E-state index contributed by atoms with van der Waals surface area (Å²) in [6, 6.07) is 10.9. The van der Waals surface area contributed by atoms with Crippen LogP contribution in [-0.4, -0.2) is 23.1 Å². The van der Waals surface area contributed by atoms with E-state index in [9.17, 15) is 4.79 Å². The van der Waals surface area contributed by atoms with Gasteiger partial charge in [0.05, 0.1) is 11.6 Å². The summed E-state index contributed by atoms with van der Waals surface area (Å²) >= 11 is 6.19. The van der Waals surface area contributed by atoms with Gasteiger partial charge in [0.15, 0.2) is 0 Å². The number of nitrogens with zero attached hydrogens (tertiary/aromatic N) is 2. The second kappa shape index (κ2) is 5.92. The van der Waals surface area contributed by atoms with Gasteiger partial charge in [0.1, 0.15) is 5.82 Å². The van der Waals surface area contributed by atoms with E-state index in [0.717, 1.165) is 5.56 Å². The van der Waals surface area contributed by atoms with Gasteiger partial charge in [0.25, 0.3) is 0 Å². The SMILES string of the molecule is CC(c1ccccc1Cl)N(C)c1ccc(C(=O)O)cn1. The fourth-order valence-corrected chi connectivity index (χ4v) is 2.24. The minimum atomic E-state index is -0.981. The number of carboxylic acid groups (broad SMARTS) is 1. The van der Waals surface area contributed by atoms with E-state index in [0.29, 0.717) is 10.8 Å². The van der Waals surface area contributed by atoms with Crippen LogP contribution in [0.3, 0.4) is 0 Å². The molecule has 1 aromatic carbocycles. The lowest BCUT2D eigenvalue weighted by Gasteiger charge is -2.27. The molecule has 4 nitrogen and oxygen atoms in total. The van der Waals surface area contributed by atoms with E-state index in [-0.39, 0.29) is 11.6 Å². The first-order valence-corrected chi connectivity index (χ1v) is 6.55. The lowest BCUT2D eigenvalue weighted by Crippen LogP contribution is -2.23. The first kappa shape index (κ1) is 14.3. The van der Waals surface area contributed by atoms with E-state index in [4.69, 9.17) is 16.7 Å². The maximum atomic E-state index is 10.8. The molecule has 104 valence electrons. The van der Waals surface area contributed by atoms with Gasteiger partial charge in [-0.3, -0.25) is 0 Å². The molecule has 2 aromatic rings. The molecular weight excluding hydrogens is 276 g/mol. The van der Waals surface area contributed by atoms with E-state index in [1.807, 2.05) is 43.1 Å². The summed E-state index contributed by atoms with van der Waals surface area (Å²) in [7, 11) is 1.90. The van der Waals surface area contributed by atoms with Crippen molar-refractivity contribution in [2.45, 2.75) is 13.0 Å².